The Morgan fingerprint density at radius 3 is 2.04 bits per heavy atom. The van der Waals surface area contributed by atoms with Crippen molar-refractivity contribution in [3.05, 3.63) is 0 Å². The van der Waals surface area contributed by atoms with Gasteiger partial charge in [-0.1, -0.05) is 20.8 Å². The van der Waals surface area contributed by atoms with E-state index >= 15 is 0 Å². The molecule has 2 fully saturated rings. The fraction of sp³-hybridized carbons (Fsp3) is 1.00. The maximum Gasteiger partial charge on any atom is 0.0126 e. The number of hydrogen-bond donors (Lipinski definition) is 0. The van der Waals surface area contributed by atoms with Crippen molar-refractivity contribution in [1.82, 2.24) is 14.7 Å². The maximum absolute atomic E-state index is 2.71. The van der Waals surface area contributed by atoms with Crippen LogP contribution in [-0.2, 0) is 0 Å². The molecular weight excluding hydrogens is 282 g/mol. The molecule has 2 aliphatic rings. The second kappa shape index (κ2) is 7.84. The van der Waals surface area contributed by atoms with E-state index in [1.807, 2.05) is 0 Å². The Bertz CT molecular complexity index is 345. The molecule has 23 heavy (non-hydrogen) atoms. The normalized spacial score (nSPS) is 26.1. The largest absolute Gasteiger partial charge is 0.303 e. The van der Waals surface area contributed by atoms with Gasteiger partial charge in [0, 0.05) is 44.8 Å². The SMILES string of the molecule is CC(C)(C)CCCN1CC[C@@H](CN2CCN(C(C)(C)C)CC2)C1. The Balaban J connectivity index is 1.63. The van der Waals surface area contributed by atoms with Crippen LogP contribution in [0.5, 0.6) is 0 Å². The fourth-order valence-electron chi connectivity index (χ4n) is 4.06. The molecule has 0 saturated carbocycles. The Labute approximate surface area is 145 Å². The summed E-state index contributed by atoms with van der Waals surface area (Å²) in [5, 5.41) is 0. The molecule has 2 aliphatic heterocycles. The van der Waals surface area contributed by atoms with Gasteiger partial charge in [0.1, 0.15) is 0 Å². The predicted molar refractivity (Wildman–Crippen MR) is 101 cm³/mol. The van der Waals surface area contributed by atoms with Gasteiger partial charge in [0.25, 0.3) is 0 Å². The van der Waals surface area contributed by atoms with Gasteiger partial charge < -0.3 is 9.80 Å². The number of rotatable bonds is 5. The minimum absolute atomic E-state index is 0.337. The van der Waals surface area contributed by atoms with Crippen LogP contribution in [0.15, 0.2) is 0 Å². The standard InChI is InChI=1S/C20H41N3/c1-19(2,3)9-7-10-21-11-8-18(16-21)17-22-12-14-23(15-13-22)20(4,5)6/h18H,7-17H2,1-6H3/t18-/m1/s1. The molecule has 0 spiro atoms. The van der Waals surface area contributed by atoms with E-state index in [0.717, 1.165) is 5.92 Å². The first-order chi connectivity index (χ1) is 10.6. The molecule has 0 aromatic rings. The highest BCUT2D eigenvalue weighted by atomic mass is 15.3. The van der Waals surface area contributed by atoms with E-state index in [9.17, 15) is 0 Å². The fourth-order valence-corrected chi connectivity index (χ4v) is 4.06. The molecule has 0 N–H and O–H groups in total. The number of hydrogen-bond acceptors (Lipinski definition) is 3. The van der Waals surface area contributed by atoms with Crippen LogP contribution in [0.1, 0.15) is 60.8 Å². The van der Waals surface area contributed by atoms with Crippen molar-refractivity contribution in [3.8, 4) is 0 Å². The van der Waals surface area contributed by atoms with Gasteiger partial charge in [-0.05, 0) is 64.5 Å². The Morgan fingerprint density at radius 1 is 0.826 bits per heavy atom. The molecule has 0 aromatic heterocycles. The van der Waals surface area contributed by atoms with Gasteiger partial charge in [0.2, 0.25) is 0 Å². The van der Waals surface area contributed by atoms with Crippen molar-refractivity contribution >= 4 is 0 Å². The van der Waals surface area contributed by atoms with Crippen LogP contribution in [-0.4, -0.2) is 72.6 Å². The third-order valence-electron chi connectivity index (χ3n) is 5.61. The van der Waals surface area contributed by atoms with E-state index in [-0.39, 0.29) is 0 Å². The van der Waals surface area contributed by atoms with Crippen molar-refractivity contribution in [2.24, 2.45) is 11.3 Å². The lowest BCUT2D eigenvalue weighted by Gasteiger charge is -2.42. The van der Waals surface area contributed by atoms with Gasteiger partial charge in [-0.3, -0.25) is 4.90 Å². The van der Waals surface area contributed by atoms with Crippen LogP contribution in [0, 0.1) is 11.3 Å². The van der Waals surface area contributed by atoms with Gasteiger partial charge >= 0.3 is 0 Å². The van der Waals surface area contributed by atoms with Gasteiger partial charge in [0.05, 0.1) is 0 Å². The van der Waals surface area contributed by atoms with E-state index in [1.54, 1.807) is 0 Å². The molecule has 0 aliphatic carbocycles. The maximum atomic E-state index is 2.71. The lowest BCUT2D eigenvalue weighted by atomic mass is 9.90. The summed E-state index contributed by atoms with van der Waals surface area (Å²) in [4.78, 5) is 8.06. The smallest absolute Gasteiger partial charge is 0.0126 e. The molecule has 1 atom stereocenters. The summed E-state index contributed by atoms with van der Waals surface area (Å²) >= 11 is 0. The highest BCUT2D eigenvalue weighted by Gasteiger charge is 2.29. The summed E-state index contributed by atoms with van der Waals surface area (Å²) in [5.41, 5.74) is 0.829. The third kappa shape index (κ3) is 6.72. The summed E-state index contributed by atoms with van der Waals surface area (Å²) in [6, 6.07) is 0. The Kier molecular flexibility index (Phi) is 6.55. The summed E-state index contributed by atoms with van der Waals surface area (Å²) in [5.74, 6) is 0.908. The zero-order valence-electron chi connectivity index (χ0n) is 16.7. The molecule has 3 heteroatoms. The van der Waals surface area contributed by atoms with Crippen molar-refractivity contribution in [2.45, 2.75) is 66.3 Å². The average molecular weight is 324 g/mol. The highest BCUT2D eigenvalue weighted by molar-refractivity contribution is 4.84. The van der Waals surface area contributed by atoms with E-state index < -0.39 is 0 Å². The van der Waals surface area contributed by atoms with Crippen molar-refractivity contribution < 1.29 is 0 Å². The second-order valence-corrected chi connectivity index (χ2v) is 10.1. The van der Waals surface area contributed by atoms with E-state index in [0.29, 0.717) is 11.0 Å². The first kappa shape index (κ1) is 19.2. The number of likely N-dealkylation sites (tertiary alicyclic amines) is 1. The summed E-state index contributed by atoms with van der Waals surface area (Å²) in [6.07, 6.45) is 4.12. The number of nitrogens with zero attached hydrogens (tertiary/aromatic N) is 3. The van der Waals surface area contributed by atoms with Crippen molar-refractivity contribution in [2.75, 3.05) is 52.4 Å². The molecule has 0 aromatic carbocycles. The van der Waals surface area contributed by atoms with Gasteiger partial charge in [-0.2, -0.15) is 0 Å². The zero-order chi connectivity index (χ0) is 17.1. The summed E-state index contributed by atoms with van der Waals surface area (Å²) in [7, 11) is 0. The van der Waals surface area contributed by atoms with E-state index in [4.69, 9.17) is 0 Å². The molecule has 2 heterocycles. The van der Waals surface area contributed by atoms with E-state index in [2.05, 4.69) is 56.2 Å². The van der Waals surface area contributed by atoms with Crippen LogP contribution in [0.3, 0.4) is 0 Å². The molecule has 0 bridgehead atoms. The topological polar surface area (TPSA) is 9.72 Å². The average Bonchev–Trinajstić information content (AvgIpc) is 2.84. The van der Waals surface area contributed by atoms with Crippen molar-refractivity contribution in [3.63, 3.8) is 0 Å². The number of piperazine rings is 1. The molecular formula is C20H41N3. The third-order valence-corrected chi connectivity index (χ3v) is 5.61. The van der Waals surface area contributed by atoms with Gasteiger partial charge in [0.15, 0.2) is 0 Å². The van der Waals surface area contributed by atoms with Crippen LogP contribution in [0.25, 0.3) is 0 Å². The molecule has 2 saturated heterocycles. The summed E-state index contributed by atoms with van der Waals surface area (Å²) < 4.78 is 0. The second-order valence-electron chi connectivity index (χ2n) is 10.1. The van der Waals surface area contributed by atoms with Crippen LogP contribution >= 0.6 is 0 Å². The quantitative estimate of drug-likeness (QED) is 0.766. The Hall–Kier alpha value is -0.120. The van der Waals surface area contributed by atoms with Gasteiger partial charge in [-0.25, -0.2) is 0 Å². The highest BCUT2D eigenvalue weighted by Crippen LogP contribution is 2.23. The first-order valence-corrected chi connectivity index (χ1v) is 9.83. The van der Waals surface area contributed by atoms with Crippen LogP contribution in [0.2, 0.25) is 0 Å². The van der Waals surface area contributed by atoms with Crippen LogP contribution in [0.4, 0.5) is 0 Å². The monoisotopic (exact) mass is 323 g/mol. The summed E-state index contributed by atoms with van der Waals surface area (Å²) in [6.45, 7) is 24.4. The lowest BCUT2D eigenvalue weighted by molar-refractivity contribution is 0.0557. The molecule has 0 unspecified atom stereocenters. The molecule has 0 radical (unpaired) electrons. The minimum Gasteiger partial charge on any atom is -0.303 e. The zero-order valence-corrected chi connectivity index (χ0v) is 16.7. The van der Waals surface area contributed by atoms with Crippen molar-refractivity contribution in [1.29, 1.82) is 0 Å². The minimum atomic E-state index is 0.337. The predicted octanol–water partition coefficient (Wildman–Crippen LogP) is 3.55. The first-order valence-electron chi connectivity index (χ1n) is 9.83. The lowest BCUT2D eigenvalue weighted by Crippen LogP contribution is -2.54. The molecule has 0 amide bonds. The molecule has 3 nitrogen and oxygen atoms in total. The van der Waals surface area contributed by atoms with Gasteiger partial charge in [-0.15, -0.1) is 0 Å². The van der Waals surface area contributed by atoms with E-state index in [1.165, 1.54) is 71.6 Å². The molecule has 2 rings (SSSR count). The Morgan fingerprint density at radius 2 is 1.48 bits per heavy atom. The van der Waals surface area contributed by atoms with Crippen LogP contribution < -0.4 is 0 Å². The molecule has 136 valence electrons.